The Bertz CT molecular complexity index is 352. The van der Waals surface area contributed by atoms with Crippen molar-refractivity contribution in [2.75, 3.05) is 14.2 Å². The Hall–Kier alpha value is -1.22. The zero-order valence-electron chi connectivity index (χ0n) is 12.0. The Morgan fingerprint density at radius 3 is 2.50 bits per heavy atom. The molecular formula is C15H25NO2. The number of nitrogens with one attached hydrogen (secondary N) is 1. The van der Waals surface area contributed by atoms with Gasteiger partial charge in [0.25, 0.3) is 0 Å². The van der Waals surface area contributed by atoms with E-state index in [0.29, 0.717) is 6.04 Å². The lowest BCUT2D eigenvalue weighted by atomic mass is 10.1. The summed E-state index contributed by atoms with van der Waals surface area (Å²) >= 11 is 0. The van der Waals surface area contributed by atoms with E-state index in [2.05, 4.69) is 25.2 Å². The summed E-state index contributed by atoms with van der Waals surface area (Å²) in [7, 11) is 3.32. The van der Waals surface area contributed by atoms with Crippen LogP contribution in [-0.4, -0.2) is 20.3 Å². The van der Waals surface area contributed by atoms with Crippen LogP contribution in [0.4, 0.5) is 0 Å². The number of unbranched alkanes of at least 4 members (excludes halogenated alkanes) is 1. The van der Waals surface area contributed by atoms with E-state index in [4.69, 9.17) is 9.47 Å². The molecule has 0 bridgehead atoms. The number of hydrogen-bond donors (Lipinski definition) is 1. The minimum Gasteiger partial charge on any atom is -0.493 e. The third-order valence-corrected chi connectivity index (χ3v) is 3.09. The topological polar surface area (TPSA) is 30.5 Å². The summed E-state index contributed by atoms with van der Waals surface area (Å²) in [5.74, 6) is 1.57. The molecule has 0 aromatic heterocycles. The standard InChI is InChI=1S/C15H25NO2/c1-5-6-7-12(2)16-11-13-8-9-14(17-3)15(10-13)18-4/h8-10,12,16H,5-7,11H2,1-4H3. The molecule has 18 heavy (non-hydrogen) atoms. The fraction of sp³-hybridized carbons (Fsp3) is 0.600. The molecule has 0 heterocycles. The van der Waals surface area contributed by atoms with Gasteiger partial charge in [-0.15, -0.1) is 0 Å². The number of benzene rings is 1. The Labute approximate surface area is 110 Å². The maximum Gasteiger partial charge on any atom is 0.161 e. The molecule has 0 aliphatic carbocycles. The number of ether oxygens (including phenoxy) is 2. The van der Waals surface area contributed by atoms with Crippen molar-refractivity contribution in [1.29, 1.82) is 0 Å². The van der Waals surface area contributed by atoms with Gasteiger partial charge in [-0.25, -0.2) is 0 Å². The van der Waals surface area contributed by atoms with E-state index in [9.17, 15) is 0 Å². The molecule has 0 amide bonds. The van der Waals surface area contributed by atoms with Gasteiger partial charge in [0.2, 0.25) is 0 Å². The van der Waals surface area contributed by atoms with E-state index in [1.165, 1.54) is 24.8 Å². The lowest BCUT2D eigenvalue weighted by Gasteiger charge is -2.14. The molecule has 0 aliphatic heterocycles. The van der Waals surface area contributed by atoms with Crippen LogP contribution in [0.1, 0.15) is 38.7 Å². The summed E-state index contributed by atoms with van der Waals surface area (Å²) in [6.07, 6.45) is 3.76. The van der Waals surface area contributed by atoms with Gasteiger partial charge in [0.05, 0.1) is 14.2 Å². The van der Waals surface area contributed by atoms with Crippen LogP contribution < -0.4 is 14.8 Å². The van der Waals surface area contributed by atoms with Gasteiger partial charge in [-0.2, -0.15) is 0 Å². The molecule has 1 rings (SSSR count). The molecule has 1 aromatic rings. The van der Waals surface area contributed by atoms with Gasteiger partial charge in [0.1, 0.15) is 0 Å². The molecule has 0 aliphatic rings. The minimum atomic E-state index is 0.554. The quantitative estimate of drug-likeness (QED) is 0.768. The van der Waals surface area contributed by atoms with Crippen LogP contribution in [0.2, 0.25) is 0 Å². The van der Waals surface area contributed by atoms with E-state index >= 15 is 0 Å². The maximum absolute atomic E-state index is 5.30. The van der Waals surface area contributed by atoms with Crippen LogP contribution in [0.15, 0.2) is 18.2 Å². The summed E-state index contributed by atoms with van der Waals surface area (Å²) < 4.78 is 10.5. The summed E-state index contributed by atoms with van der Waals surface area (Å²) in [4.78, 5) is 0. The van der Waals surface area contributed by atoms with Crippen LogP contribution in [0.25, 0.3) is 0 Å². The van der Waals surface area contributed by atoms with E-state index in [-0.39, 0.29) is 0 Å². The predicted molar refractivity (Wildman–Crippen MR) is 75.4 cm³/mol. The first-order valence-corrected chi connectivity index (χ1v) is 6.65. The molecule has 102 valence electrons. The Balaban J connectivity index is 2.52. The van der Waals surface area contributed by atoms with Crippen molar-refractivity contribution in [2.24, 2.45) is 0 Å². The average Bonchev–Trinajstić information content (AvgIpc) is 2.42. The van der Waals surface area contributed by atoms with E-state index in [1.807, 2.05) is 12.1 Å². The zero-order valence-corrected chi connectivity index (χ0v) is 12.0. The van der Waals surface area contributed by atoms with Crippen LogP contribution >= 0.6 is 0 Å². The zero-order chi connectivity index (χ0) is 13.4. The van der Waals surface area contributed by atoms with E-state index in [0.717, 1.165) is 18.0 Å². The molecule has 0 saturated carbocycles. The molecule has 0 radical (unpaired) electrons. The lowest BCUT2D eigenvalue weighted by molar-refractivity contribution is 0.354. The van der Waals surface area contributed by atoms with Gasteiger partial charge in [0.15, 0.2) is 11.5 Å². The first-order chi connectivity index (χ1) is 8.71. The van der Waals surface area contributed by atoms with Gasteiger partial charge >= 0.3 is 0 Å². The molecular weight excluding hydrogens is 226 g/mol. The number of rotatable bonds is 8. The summed E-state index contributed by atoms with van der Waals surface area (Å²) in [6.45, 7) is 5.32. The van der Waals surface area contributed by atoms with Crippen molar-refractivity contribution in [3.63, 3.8) is 0 Å². The second-order valence-electron chi connectivity index (χ2n) is 4.61. The highest BCUT2D eigenvalue weighted by Crippen LogP contribution is 2.27. The first-order valence-electron chi connectivity index (χ1n) is 6.65. The summed E-state index contributed by atoms with van der Waals surface area (Å²) in [5, 5.41) is 3.53. The Morgan fingerprint density at radius 1 is 1.17 bits per heavy atom. The van der Waals surface area contributed by atoms with E-state index in [1.54, 1.807) is 14.2 Å². The first kappa shape index (κ1) is 14.8. The monoisotopic (exact) mass is 251 g/mol. The minimum absolute atomic E-state index is 0.554. The smallest absolute Gasteiger partial charge is 0.161 e. The third kappa shape index (κ3) is 4.57. The van der Waals surface area contributed by atoms with E-state index < -0.39 is 0 Å². The van der Waals surface area contributed by atoms with Crippen molar-refractivity contribution < 1.29 is 9.47 Å². The van der Waals surface area contributed by atoms with Gasteiger partial charge in [0, 0.05) is 12.6 Å². The predicted octanol–water partition coefficient (Wildman–Crippen LogP) is 3.37. The van der Waals surface area contributed by atoms with Crippen LogP contribution in [0.3, 0.4) is 0 Å². The van der Waals surface area contributed by atoms with Crippen molar-refractivity contribution >= 4 is 0 Å². The van der Waals surface area contributed by atoms with Crippen LogP contribution in [0, 0.1) is 0 Å². The van der Waals surface area contributed by atoms with Gasteiger partial charge in [-0.05, 0) is 31.0 Å². The number of methoxy groups -OCH3 is 2. The molecule has 0 saturated heterocycles. The summed E-state index contributed by atoms with van der Waals surface area (Å²) in [6, 6.07) is 6.60. The average molecular weight is 251 g/mol. The molecule has 1 aromatic carbocycles. The van der Waals surface area contributed by atoms with Crippen LogP contribution in [-0.2, 0) is 6.54 Å². The molecule has 3 heteroatoms. The van der Waals surface area contributed by atoms with Crippen molar-refractivity contribution in [3.8, 4) is 11.5 Å². The lowest BCUT2D eigenvalue weighted by Crippen LogP contribution is -2.25. The maximum atomic E-state index is 5.30. The normalized spacial score (nSPS) is 12.2. The molecule has 0 fully saturated rings. The van der Waals surface area contributed by atoms with Gasteiger partial charge in [-0.3, -0.25) is 0 Å². The van der Waals surface area contributed by atoms with Gasteiger partial charge in [-0.1, -0.05) is 25.8 Å². The SMILES string of the molecule is CCCCC(C)NCc1ccc(OC)c(OC)c1. The second-order valence-corrected chi connectivity index (χ2v) is 4.61. The van der Waals surface area contributed by atoms with Crippen molar-refractivity contribution in [3.05, 3.63) is 23.8 Å². The molecule has 1 N–H and O–H groups in total. The molecule has 0 spiro atoms. The highest BCUT2D eigenvalue weighted by molar-refractivity contribution is 5.42. The van der Waals surface area contributed by atoms with Gasteiger partial charge < -0.3 is 14.8 Å². The fourth-order valence-electron chi connectivity index (χ4n) is 1.90. The molecule has 1 atom stereocenters. The number of hydrogen-bond acceptors (Lipinski definition) is 3. The third-order valence-electron chi connectivity index (χ3n) is 3.09. The van der Waals surface area contributed by atoms with Crippen LogP contribution in [0.5, 0.6) is 11.5 Å². The molecule has 3 nitrogen and oxygen atoms in total. The largest absolute Gasteiger partial charge is 0.493 e. The van der Waals surface area contributed by atoms with Crippen molar-refractivity contribution in [2.45, 2.75) is 45.7 Å². The highest BCUT2D eigenvalue weighted by Gasteiger charge is 2.05. The Morgan fingerprint density at radius 2 is 1.89 bits per heavy atom. The second kappa shape index (κ2) is 7.98. The highest BCUT2D eigenvalue weighted by atomic mass is 16.5. The summed E-state index contributed by atoms with van der Waals surface area (Å²) in [5.41, 5.74) is 1.22. The Kier molecular flexibility index (Phi) is 6.58. The van der Waals surface area contributed by atoms with Crippen molar-refractivity contribution in [1.82, 2.24) is 5.32 Å². The molecule has 1 unspecified atom stereocenters. The fourth-order valence-corrected chi connectivity index (χ4v) is 1.90.